The molecule has 0 aliphatic carbocycles. The van der Waals surface area contributed by atoms with Crippen LogP contribution >= 0.6 is 15.9 Å². The van der Waals surface area contributed by atoms with Crippen molar-refractivity contribution in [3.05, 3.63) is 34.3 Å². The van der Waals surface area contributed by atoms with Crippen LogP contribution in [0.5, 0.6) is 0 Å². The molecule has 0 aliphatic rings. The quantitative estimate of drug-likeness (QED) is 0.758. The van der Waals surface area contributed by atoms with Gasteiger partial charge < -0.3 is 9.53 Å². The van der Waals surface area contributed by atoms with E-state index in [0.29, 0.717) is 6.42 Å². The molecule has 0 bridgehead atoms. The van der Waals surface area contributed by atoms with Gasteiger partial charge in [-0.25, -0.2) is 0 Å². The van der Waals surface area contributed by atoms with Crippen molar-refractivity contribution >= 4 is 22.2 Å². The Bertz CT molecular complexity index is 286. The summed E-state index contributed by atoms with van der Waals surface area (Å²) >= 11 is 3.41. The Kier molecular flexibility index (Phi) is 4.12. The number of halogens is 1. The molecule has 0 saturated heterocycles. The predicted octanol–water partition coefficient (Wildman–Crippen LogP) is 2.21. The van der Waals surface area contributed by atoms with Crippen LogP contribution in [-0.2, 0) is 16.0 Å². The zero-order valence-electron chi connectivity index (χ0n) is 7.37. The SMILES string of the molecule is COC(C=O)Cc1ccccc1Br. The molecule has 0 radical (unpaired) electrons. The summed E-state index contributed by atoms with van der Waals surface area (Å²) in [5.74, 6) is 0. The van der Waals surface area contributed by atoms with E-state index in [4.69, 9.17) is 4.74 Å². The lowest BCUT2D eigenvalue weighted by molar-refractivity contribution is -0.116. The molecule has 0 amide bonds. The van der Waals surface area contributed by atoms with Crippen LogP contribution in [0.3, 0.4) is 0 Å². The van der Waals surface area contributed by atoms with Crippen LogP contribution in [0.4, 0.5) is 0 Å². The molecule has 0 saturated carbocycles. The zero-order chi connectivity index (χ0) is 9.68. The Labute approximate surface area is 86.0 Å². The van der Waals surface area contributed by atoms with Gasteiger partial charge in [0.2, 0.25) is 0 Å². The molecule has 3 heteroatoms. The molecule has 0 heterocycles. The van der Waals surface area contributed by atoms with Gasteiger partial charge in [-0.1, -0.05) is 34.1 Å². The van der Waals surface area contributed by atoms with Gasteiger partial charge in [0, 0.05) is 18.0 Å². The third-order valence-corrected chi connectivity index (χ3v) is 2.61. The number of ether oxygens (including phenoxy) is 1. The first-order valence-electron chi connectivity index (χ1n) is 3.99. The van der Waals surface area contributed by atoms with Crippen molar-refractivity contribution in [2.24, 2.45) is 0 Å². The first kappa shape index (κ1) is 10.4. The highest BCUT2D eigenvalue weighted by Gasteiger charge is 2.08. The molecule has 0 fully saturated rings. The van der Waals surface area contributed by atoms with Crippen molar-refractivity contribution in [2.45, 2.75) is 12.5 Å². The molecule has 1 unspecified atom stereocenters. The Morgan fingerprint density at radius 3 is 2.77 bits per heavy atom. The van der Waals surface area contributed by atoms with Crippen LogP contribution in [0.25, 0.3) is 0 Å². The van der Waals surface area contributed by atoms with Crippen molar-refractivity contribution in [1.82, 2.24) is 0 Å². The summed E-state index contributed by atoms with van der Waals surface area (Å²) in [5, 5.41) is 0. The highest BCUT2D eigenvalue weighted by Crippen LogP contribution is 2.17. The van der Waals surface area contributed by atoms with Gasteiger partial charge in [-0.3, -0.25) is 0 Å². The standard InChI is InChI=1S/C10H11BrO2/c1-13-9(7-12)6-8-4-2-3-5-10(8)11/h2-5,7,9H,6H2,1H3. The first-order chi connectivity index (χ1) is 6.27. The van der Waals surface area contributed by atoms with Crippen molar-refractivity contribution in [1.29, 1.82) is 0 Å². The minimum Gasteiger partial charge on any atom is -0.374 e. The number of methoxy groups -OCH3 is 1. The van der Waals surface area contributed by atoms with Gasteiger partial charge in [0.1, 0.15) is 12.4 Å². The summed E-state index contributed by atoms with van der Waals surface area (Å²) < 4.78 is 5.98. The highest BCUT2D eigenvalue weighted by atomic mass is 79.9. The van der Waals surface area contributed by atoms with E-state index in [1.807, 2.05) is 24.3 Å². The number of hydrogen-bond acceptors (Lipinski definition) is 2. The molecule has 0 aromatic heterocycles. The van der Waals surface area contributed by atoms with Crippen LogP contribution in [0.2, 0.25) is 0 Å². The lowest BCUT2D eigenvalue weighted by Crippen LogP contribution is -2.15. The summed E-state index contributed by atoms with van der Waals surface area (Å²) in [5.41, 5.74) is 1.08. The number of aldehydes is 1. The van der Waals surface area contributed by atoms with E-state index in [0.717, 1.165) is 16.3 Å². The lowest BCUT2D eigenvalue weighted by Gasteiger charge is -2.09. The van der Waals surface area contributed by atoms with E-state index < -0.39 is 0 Å². The molecule has 70 valence electrons. The van der Waals surface area contributed by atoms with Crippen molar-refractivity contribution < 1.29 is 9.53 Å². The van der Waals surface area contributed by atoms with Crippen molar-refractivity contribution in [3.8, 4) is 0 Å². The van der Waals surface area contributed by atoms with Gasteiger partial charge in [0.15, 0.2) is 0 Å². The smallest absolute Gasteiger partial charge is 0.149 e. The minimum absolute atomic E-state index is 0.348. The van der Waals surface area contributed by atoms with E-state index in [-0.39, 0.29) is 6.10 Å². The maximum absolute atomic E-state index is 10.5. The first-order valence-corrected chi connectivity index (χ1v) is 4.78. The van der Waals surface area contributed by atoms with Gasteiger partial charge in [-0.15, -0.1) is 0 Å². The number of hydrogen-bond donors (Lipinski definition) is 0. The van der Waals surface area contributed by atoms with Crippen LogP contribution in [0.15, 0.2) is 28.7 Å². The number of carbonyl (C=O) groups is 1. The van der Waals surface area contributed by atoms with Crippen LogP contribution in [0, 0.1) is 0 Å². The van der Waals surface area contributed by atoms with Gasteiger partial charge in [-0.05, 0) is 11.6 Å². The predicted molar refractivity (Wildman–Crippen MR) is 54.7 cm³/mol. The summed E-state index contributed by atoms with van der Waals surface area (Å²) in [6, 6.07) is 7.81. The molecular formula is C10H11BrO2. The molecule has 1 aromatic rings. The maximum Gasteiger partial charge on any atom is 0.149 e. The molecule has 0 aliphatic heterocycles. The molecule has 0 spiro atoms. The van der Waals surface area contributed by atoms with Gasteiger partial charge in [0.25, 0.3) is 0 Å². The number of carbonyl (C=O) groups excluding carboxylic acids is 1. The normalized spacial score (nSPS) is 12.5. The fourth-order valence-corrected chi connectivity index (χ4v) is 1.51. The number of rotatable bonds is 4. The fourth-order valence-electron chi connectivity index (χ4n) is 1.07. The monoisotopic (exact) mass is 242 g/mol. The Balaban J connectivity index is 2.73. The summed E-state index contributed by atoms with van der Waals surface area (Å²) in [7, 11) is 1.54. The summed E-state index contributed by atoms with van der Waals surface area (Å²) in [4.78, 5) is 10.5. The van der Waals surface area contributed by atoms with Crippen LogP contribution in [0.1, 0.15) is 5.56 Å². The third kappa shape index (κ3) is 2.94. The maximum atomic E-state index is 10.5. The Hall–Kier alpha value is -0.670. The van der Waals surface area contributed by atoms with Crippen LogP contribution in [-0.4, -0.2) is 19.5 Å². The molecule has 1 rings (SSSR count). The largest absolute Gasteiger partial charge is 0.374 e. The van der Waals surface area contributed by atoms with Crippen molar-refractivity contribution in [2.75, 3.05) is 7.11 Å². The zero-order valence-corrected chi connectivity index (χ0v) is 8.95. The van der Waals surface area contributed by atoms with Gasteiger partial charge in [0.05, 0.1) is 0 Å². The summed E-state index contributed by atoms with van der Waals surface area (Å²) in [6.07, 6.45) is 1.08. The summed E-state index contributed by atoms with van der Waals surface area (Å²) in [6.45, 7) is 0. The van der Waals surface area contributed by atoms with Gasteiger partial charge >= 0.3 is 0 Å². The second-order valence-electron chi connectivity index (χ2n) is 2.71. The molecule has 0 N–H and O–H groups in total. The fraction of sp³-hybridized carbons (Fsp3) is 0.300. The van der Waals surface area contributed by atoms with E-state index in [1.165, 1.54) is 7.11 Å². The average molecular weight is 243 g/mol. The molecule has 13 heavy (non-hydrogen) atoms. The Morgan fingerprint density at radius 1 is 1.54 bits per heavy atom. The second-order valence-corrected chi connectivity index (χ2v) is 3.56. The topological polar surface area (TPSA) is 26.3 Å². The van der Waals surface area contributed by atoms with Gasteiger partial charge in [-0.2, -0.15) is 0 Å². The third-order valence-electron chi connectivity index (χ3n) is 1.83. The van der Waals surface area contributed by atoms with E-state index in [9.17, 15) is 4.79 Å². The van der Waals surface area contributed by atoms with E-state index >= 15 is 0 Å². The van der Waals surface area contributed by atoms with Crippen molar-refractivity contribution in [3.63, 3.8) is 0 Å². The number of benzene rings is 1. The van der Waals surface area contributed by atoms with E-state index in [1.54, 1.807) is 0 Å². The van der Waals surface area contributed by atoms with Crippen LogP contribution < -0.4 is 0 Å². The molecule has 1 atom stereocenters. The lowest BCUT2D eigenvalue weighted by atomic mass is 10.1. The van der Waals surface area contributed by atoms with E-state index in [2.05, 4.69) is 15.9 Å². The Morgan fingerprint density at radius 2 is 2.23 bits per heavy atom. The minimum atomic E-state index is -0.348. The molecule has 1 aromatic carbocycles. The molecular weight excluding hydrogens is 232 g/mol. The average Bonchev–Trinajstić information content (AvgIpc) is 2.17. The second kappa shape index (κ2) is 5.14. The highest BCUT2D eigenvalue weighted by molar-refractivity contribution is 9.10. The molecule has 2 nitrogen and oxygen atoms in total.